The van der Waals surface area contributed by atoms with Crippen LogP contribution in [0.4, 0.5) is 0 Å². The molecule has 0 amide bonds. The molecule has 29 heavy (non-hydrogen) atoms. The molecule has 0 radical (unpaired) electrons. The van der Waals surface area contributed by atoms with Gasteiger partial charge in [0, 0.05) is 24.5 Å². The smallest absolute Gasteiger partial charge is 0.342 e. The third kappa shape index (κ3) is 4.38. The zero-order valence-electron chi connectivity index (χ0n) is 17.4. The van der Waals surface area contributed by atoms with Gasteiger partial charge in [-0.05, 0) is 51.5 Å². The molecule has 0 aliphatic carbocycles. The van der Waals surface area contributed by atoms with Crippen LogP contribution >= 0.6 is 0 Å². The molecule has 3 heterocycles. The number of benzene rings is 1. The Balaban J connectivity index is 1.23. The predicted molar refractivity (Wildman–Crippen MR) is 107 cm³/mol. The molecular formula is C23H32O6. The average molecular weight is 405 g/mol. The summed E-state index contributed by atoms with van der Waals surface area (Å²) < 4.78 is 23.2. The minimum atomic E-state index is -0.367. The summed E-state index contributed by atoms with van der Waals surface area (Å²) in [4.78, 5) is 12.2. The van der Waals surface area contributed by atoms with Crippen LogP contribution in [0.1, 0.15) is 93.2 Å². The molecule has 0 unspecified atom stereocenters. The van der Waals surface area contributed by atoms with Crippen LogP contribution in [-0.2, 0) is 14.2 Å². The lowest BCUT2D eigenvalue weighted by molar-refractivity contribution is -0.269. The van der Waals surface area contributed by atoms with Gasteiger partial charge in [0.1, 0.15) is 23.2 Å². The summed E-state index contributed by atoms with van der Waals surface area (Å²) in [6, 6.07) is 3.07. The van der Waals surface area contributed by atoms with Gasteiger partial charge in [-0.15, -0.1) is 0 Å². The molecule has 3 aliphatic rings. The number of cyclic esters (lactones) is 1. The average Bonchev–Trinajstić information content (AvgIpc) is 3.20. The highest BCUT2D eigenvalue weighted by molar-refractivity contribution is 5.97. The lowest BCUT2D eigenvalue weighted by Gasteiger charge is -2.38. The number of hydrogen-bond acceptors (Lipinski definition) is 6. The highest BCUT2D eigenvalue weighted by Crippen LogP contribution is 2.43. The van der Waals surface area contributed by atoms with Crippen LogP contribution in [0.3, 0.4) is 0 Å². The number of carbonyl (C=O) groups is 1. The molecule has 6 heteroatoms. The predicted octanol–water partition coefficient (Wildman–Crippen LogP) is 5.03. The van der Waals surface area contributed by atoms with Gasteiger partial charge in [-0.1, -0.05) is 12.8 Å². The van der Waals surface area contributed by atoms with E-state index in [4.69, 9.17) is 18.9 Å². The third-order valence-electron chi connectivity index (χ3n) is 6.44. The van der Waals surface area contributed by atoms with Crippen molar-refractivity contribution in [1.29, 1.82) is 0 Å². The van der Waals surface area contributed by atoms with Crippen LogP contribution in [0.25, 0.3) is 0 Å². The topological polar surface area (TPSA) is 74.2 Å². The first-order valence-electron chi connectivity index (χ1n) is 11.0. The van der Waals surface area contributed by atoms with Crippen LogP contribution in [0.5, 0.6) is 11.5 Å². The molecule has 2 saturated heterocycles. The SMILES string of the molecule is COc1cc(O)cc2c1C(=O)O[C@@H]2CCCCC[C@H]1CCC[C@@]2(CC[C@H](C)O2)O1. The summed E-state index contributed by atoms with van der Waals surface area (Å²) in [6.45, 7) is 2.13. The Morgan fingerprint density at radius 1 is 1.14 bits per heavy atom. The largest absolute Gasteiger partial charge is 0.508 e. The number of esters is 1. The summed E-state index contributed by atoms with van der Waals surface area (Å²) in [5.41, 5.74) is 1.18. The van der Waals surface area contributed by atoms with Crippen molar-refractivity contribution in [3.63, 3.8) is 0 Å². The van der Waals surface area contributed by atoms with Gasteiger partial charge in [-0.2, -0.15) is 0 Å². The van der Waals surface area contributed by atoms with Crippen molar-refractivity contribution in [3.8, 4) is 11.5 Å². The lowest BCUT2D eigenvalue weighted by atomic mass is 9.95. The Bertz CT molecular complexity index is 743. The maximum Gasteiger partial charge on any atom is 0.342 e. The van der Waals surface area contributed by atoms with Crippen molar-refractivity contribution in [3.05, 3.63) is 23.3 Å². The fraction of sp³-hybridized carbons (Fsp3) is 0.696. The molecule has 1 N–H and O–H groups in total. The molecule has 3 aliphatic heterocycles. The van der Waals surface area contributed by atoms with Gasteiger partial charge in [0.2, 0.25) is 0 Å². The number of methoxy groups -OCH3 is 1. The van der Waals surface area contributed by atoms with Gasteiger partial charge in [-0.25, -0.2) is 4.79 Å². The van der Waals surface area contributed by atoms with E-state index in [1.54, 1.807) is 6.07 Å². The first kappa shape index (κ1) is 20.5. The van der Waals surface area contributed by atoms with Gasteiger partial charge in [0.15, 0.2) is 5.79 Å². The van der Waals surface area contributed by atoms with Crippen molar-refractivity contribution >= 4 is 5.97 Å². The Hall–Kier alpha value is -1.79. The molecule has 4 rings (SSSR count). The van der Waals surface area contributed by atoms with Gasteiger partial charge in [0.25, 0.3) is 0 Å². The van der Waals surface area contributed by atoms with Crippen molar-refractivity contribution < 1.29 is 28.8 Å². The molecule has 6 nitrogen and oxygen atoms in total. The molecule has 0 saturated carbocycles. The van der Waals surface area contributed by atoms with Crippen molar-refractivity contribution in [1.82, 2.24) is 0 Å². The Labute approximate surface area is 172 Å². The maximum absolute atomic E-state index is 12.2. The monoisotopic (exact) mass is 404 g/mol. The van der Waals surface area contributed by atoms with Crippen LogP contribution in [0, 0.1) is 0 Å². The van der Waals surface area contributed by atoms with Gasteiger partial charge in [0.05, 0.1) is 19.3 Å². The van der Waals surface area contributed by atoms with E-state index >= 15 is 0 Å². The minimum absolute atomic E-state index is 0.0933. The van der Waals surface area contributed by atoms with Crippen LogP contribution < -0.4 is 4.74 Å². The first-order valence-corrected chi connectivity index (χ1v) is 11.0. The maximum atomic E-state index is 12.2. The molecule has 160 valence electrons. The molecule has 2 fully saturated rings. The molecular weight excluding hydrogens is 372 g/mol. The standard InChI is InChI=1S/C23H32O6/c1-15-10-12-23(28-15)11-6-8-17(29-23)7-4-3-5-9-19-18-13-16(24)14-20(26-2)21(18)22(25)27-19/h13-15,17,19,24H,3-12H2,1-2H3/t15-,17-,19+,23-/m0/s1. The zero-order valence-corrected chi connectivity index (χ0v) is 17.4. The number of rotatable bonds is 7. The van der Waals surface area contributed by atoms with Crippen molar-refractivity contribution in [2.45, 2.75) is 95.2 Å². The van der Waals surface area contributed by atoms with Gasteiger partial charge in [-0.3, -0.25) is 0 Å². The first-order chi connectivity index (χ1) is 14.0. The van der Waals surface area contributed by atoms with E-state index in [0.29, 0.717) is 23.5 Å². The fourth-order valence-electron chi connectivity index (χ4n) is 5.00. The number of hydrogen-bond donors (Lipinski definition) is 1. The number of aromatic hydroxyl groups is 1. The number of fused-ring (bicyclic) bond motifs is 1. The quantitative estimate of drug-likeness (QED) is 0.508. The molecule has 0 bridgehead atoms. The summed E-state index contributed by atoms with van der Waals surface area (Å²) in [5.74, 6) is -0.214. The van der Waals surface area contributed by atoms with Crippen molar-refractivity contribution in [2.24, 2.45) is 0 Å². The molecule has 1 spiro atoms. The second-order valence-corrected chi connectivity index (χ2v) is 8.65. The van der Waals surface area contributed by atoms with E-state index in [1.807, 2.05) is 0 Å². The van der Waals surface area contributed by atoms with Gasteiger partial charge >= 0.3 is 5.97 Å². The van der Waals surface area contributed by atoms with E-state index in [0.717, 1.165) is 63.4 Å². The van der Waals surface area contributed by atoms with Crippen LogP contribution in [0.15, 0.2) is 12.1 Å². The van der Waals surface area contributed by atoms with E-state index in [1.165, 1.54) is 19.6 Å². The molecule has 4 atom stereocenters. The minimum Gasteiger partial charge on any atom is -0.508 e. The normalized spacial score (nSPS) is 31.1. The summed E-state index contributed by atoms with van der Waals surface area (Å²) in [7, 11) is 1.49. The highest BCUT2D eigenvalue weighted by atomic mass is 16.7. The molecule has 1 aromatic rings. The number of phenols is 1. The third-order valence-corrected chi connectivity index (χ3v) is 6.44. The fourth-order valence-corrected chi connectivity index (χ4v) is 5.00. The zero-order chi connectivity index (χ0) is 20.4. The summed E-state index contributed by atoms with van der Waals surface area (Å²) >= 11 is 0. The highest BCUT2D eigenvalue weighted by Gasteiger charge is 2.43. The Morgan fingerprint density at radius 2 is 1.97 bits per heavy atom. The molecule has 0 aromatic heterocycles. The van der Waals surface area contributed by atoms with Crippen LogP contribution in [-0.4, -0.2) is 36.2 Å². The van der Waals surface area contributed by atoms with E-state index in [-0.39, 0.29) is 23.6 Å². The van der Waals surface area contributed by atoms with Gasteiger partial charge < -0.3 is 24.1 Å². The number of carbonyl (C=O) groups excluding carboxylic acids is 1. The van der Waals surface area contributed by atoms with E-state index in [9.17, 15) is 9.90 Å². The van der Waals surface area contributed by atoms with Crippen LogP contribution in [0.2, 0.25) is 0 Å². The summed E-state index contributed by atoms with van der Waals surface area (Å²) in [5, 5.41) is 9.90. The number of ether oxygens (including phenoxy) is 4. The molecule has 1 aromatic carbocycles. The second kappa shape index (κ2) is 8.52. The Morgan fingerprint density at radius 3 is 2.72 bits per heavy atom. The van der Waals surface area contributed by atoms with E-state index in [2.05, 4.69) is 6.92 Å². The Kier molecular flexibility index (Phi) is 6.02. The summed E-state index contributed by atoms with van der Waals surface area (Å²) in [6.07, 6.45) is 10.6. The number of unbranched alkanes of at least 4 members (excludes halogenated alkanes) is 2. The van der Waals surface area contributed by atoms with Crippen molar-refractivity contribution in [2.75, 3.05) is 7.11 Å². The second-order valence-electron chi connectivity index (χ2n) is 8.65. The van der Waals surface area contributed by atoms with E-state index < -0.39 is 0 Å². The number of phenolic OH excluding ortho intramolecular Hbond substituents is 1. The lowest BCUT2D eigenvalue weighted by Crippen LogP contribution is -2.40.